The van der Waals surface area contributed by atoms with E-state index < -0.39 is 9.84 Å². The quantitative estimate of drug-likeness (QED) is 0.313. The van der Waals surface area contributed by atoms with Crippen LogP contribution < -0.4 is 15.4 Å². The largest absolute Gasteiger partial charge is 0.497 e. The molecule has 0 aliphatic rings. The Hall–Kier alpha value is -2.58. The molecular formula is C23H33N3O4S. The average Bonchev–Trinajstić information content (AvgIpc) is 2.74. The van der Waals surface area contributed by atoms with Crippen molar-refractivity contribution in [3.05, 3.63) is 59.2 Å². The molecule has 0 saturated heterocycles. The molecule has 0 aromatic heterocycles. The minimum absolute atomic E-state index is 0.354. The van der Waals surface area contributed by atoms with Crippen LogP contribution in [0.5, 0.6) is 5.75 Å². The third-order valence-electron chi connectivity index (χ3n) is 4.64. The second-order valence-corrected chi connectivity index (χ2v) is 9.20. The molecule has 0 atom stereocenters. The lowest BCUT2D eigenvalue weighted by Gasteiger charge is -2.13. The molecule has 7 nitrogen and oxygen atoms in total. The second-order valence-electron chi connectivity index (χ2n) is 7.22. The second kappa shape index (κ2) is 12.3. The van der Waals surface area contributed by atoms with Crippen LogP contribution in [-0.2, 0) is 27.7 Å². The first kappa shape index (κ1) is 24.7. The molecule has 2 aromatic carbocycles. The van der Waals surface area contributed by atoms with Gasteiger partial charge in [-0.25, -0.2) is 13.4 Å². The highest BCUT2D eigenvalue weighted by molar-refractivity contribution is 7.90. The van der Waals surface area contributed by atoms with Gasteiger partial charge in [-0.1, -0.05) is 24.3 Å². The maximum Gasteiger partial charge on any atom is 0.191 e. The zero-order chi connectivity index (χ0) is 22.7. The number of ether oxygens (including phenoxy) is 2. The predicted molar refractivity (Wildman–Crippen MR) is 124 cm³/mol. The Morgan fingerprint density at radius 2 is 1.77 bits per heavy atom. The van der Waals surface area contributed by atoms with Crippen molar-refractivity contribution in [2.45, 2.75) is 38.3 Å². The van der Waals surface area contributed by atoms with Crippen molar-refractivity contribution in [2.75, 3.05) is 33.1 Å². The number of aryl methyl sites for hydroxylation is 1. The fourth-order valence-electron chi connectivity index (χ4n) is 3.03. The predicted octanol–water partition coefficient (Wildman–Crippen LogP) is 3.07. The number of nitrogens with one attached hydrogen (secondary N) is 2. The Balaban J connectivity index is 2.05. The minimum atomic E-state index is -3.23. The van der Waals surface area contributed by atoms with Crippen molar-refractivity contribution in [1.29, 1.82) is 0 Å². The number of guanidine groups is 1. The lowest BCUT2D eigenvalue weighted by Crippen LogP contribution is -2.37. The summed E-state index contributed by atoms with van der Waals surface area (Å²) in [4.78, 5) is 5.03. The Bertz CT molecular complexity index is 957. The maximum absolute atomic E-state index is 11.8. The van der Waals surface area contributed by atoms with Crippen LogP contribution in [0.3, 0.4) is 0 Å². The summed E-state index contributed by atoms with van der Waals surface area (Å²) in [7, 11) is -1.58. The Morgan fingerprint density at radius 3 is 2.39 bits per heavy atom. The van der Waals surface area contributed by atoms with Crippen LogP contribution in [0.2, 0.25) is 0 Å². The number of benzene rings is 2. The van der Waals surface area contributed by atoms with E-state index in [1.165, 1.54) is 6.26 Å². The lowest BCUT2D eigenvalue weighted by atomic mass is 10.1. The highest BCUT2D eigenvalue weighted by atomic mass is 32.2. The summed E-state index contributed by atoms with van der Waals surface area (Å²) in [6, 6.07) is 13.2. The number of methoxy groups -OCH3 is 1. The summed E-state index contributed by atoms with van der Waals surface area (Å²) in [6.07, 6.45) is 2.10. The SMILES string of the molecule is CCOCCCNC(=NCc1ccc(S(C)(=O)=O)c(C)c1)NCc1ccc(OC)cc1. The van der Waals surface area contributed by atoms with Gasteiger partial charge in [0, 0.05) is 32.6 Å². The average molecular weight is 448 g/mol. The molecule has 170 valence electrons. The minimum Gasteiger partial charge on any atom is -0.497 e. The van der Waals surface area contributed by atoms with E-state index in [0.29, 0.717) is 37.2 Å². The van der Waals surface area contributed by atoms with Gasteiger partial charge < -0.3 is 20.1 Å². The van der Waals surface area contributed by atoms with Gasteiger partial charge in [0.2, 0.25) is 0 Å². The van der Waals surface area contributed by atoms with E-state index in [9.17, 15) is 8.42 Å². The molecule has 0 unspecified atom stereocenters. The first-order valence-corrected chi connectivity index (χ1v) is 12.2. The zero-order valence-electron chi connectivity index (χ0n) is 18.8. The first-order valence-electron chi connectivity index (χ1n) is 10.4. The van der Waals surface area contributed by atoms with Crippen LogP contribution in [0.25, 0.3) is 0 Å². The number of sulfone groups is 1. The van der Waals surface area contributed by atoms with Crippen LogP contribution in [0.4, 0.5) is 0 Å². The van der Waals surface area contributed by atoms with Crippen LogP contribution >= 0.6 is 0 Å². The Labute approximate surface area is 185 Å². The number of nitrogens with zero attached hydrogens (tertiary/aromatic N) is 1. The standard InChI is InChI=1S/C23H33N3O4S/c1-5-30-14-6-13-24-23(25-16-19-7-10-21(29-3)11-8-19)26-17-20-9-12-22(18(2)15-20)31(4,27)28/h7-12,15H,5-6,13-14,16-17H2,1-4H3,(H2,24,25,26). The van der Waals surface area contributed by atoms with E-state index in [1.807, 2.05) is 43.3 Å². The molecule has 2 rings (SSSR count). The number of aliphatic imine (C=N–C) groups is 1. The van der Waals surface area contributed by atoms with E-state index in [-0.39, 0.29) is 0 Å². The van der Waals surface area contributed by atoms with E-state index in [4.69, 9.17) is 9.47 Å². The van der Waals surface area contributed by atoms with Crippen molar-refractivity contribution >= 4 is 15.8 Å². The van der Waals surface area contributed by atoms with Crippen molar-refractivity contribution in [3.63, 3.8) is 0 Å². The molecular weight excluding hydrogens is 414 g/mol. The maximum atomic E-state index is 11.8. The van der Waals surface area contributed by atoms with Crippen molar-refractivity contribution in [3.8, 4) is 5.75 Å². The summed E-state index contributed by atoms with van der Waals surface area (Å²) >= 11 is 0. The van der Waals surface area contributed by atoms with Gasteiger partial charge in [-0.3, -0.25) is 0 Å². The lowest BCUT2D eigenvalue weighted by molar-refractivity contribution is 0.145. The molecule has 0 saturated carbocycles. The third-order valence-corrected chi connectivity index (χ3v) is 5.90. The molecule has 0 amide bonds. The number of rotatable bonds is 11. The molecule has 2 aromatic rings. The van der Waals surface area contributed by atoms with Crippen molar-refractivity contribution < 1.29 is 17.9 Å². The first-order chi connectivity index (χ1) is 14.8. The fourth-order valence-corrected chi connectivity index (χ4v) is 3.98. The monoisotopic (exact) mass is 447 g/mol. The molecule has 31 heavy (non-hydrogen) atoms. The van der Waals surface area contributed by atoms with Gasteiger partial charge in [-0.05, 0) is 55.2 Å². The molecule has 2 N–H and O–H groups in total. The fraction of sp³-hybridized carbons (Fsp3) is 0.435. The van der Waals surface area contributed by atoms with Gasteiger partial charge in [0.15, 0.2) is 15.8 Å². The van der Waals surface area contributed by atoms with Crippen LogP contribution in [0.1, 0.15) is 30.0 Å². The molecule has 0 radical (unpaired) electrons. The smallest absolute Gasteiger partial charge is 0.191 e. The van der Waals surface area contributed by atoms with Gasteiger partial charge in [0.25, 0.3) is 0 Å². The summed E-state index contributed by atoms with van der Waals surface area (Å²) in [5, 5.41) is 6.68. The van der Waals surface area contributed by atoms with Crippen molar-refractivity contribution in [2.24, 2.45) is 4.99 Å². The Kier molecular flexibility index (Phi) is 9.81. The third kappa shape index (κ3) is 8.59. The molecule has 0 aliphatic heterocycles. The molecule has 0 spiro atoms. The van der Waals surface area contributed by atoms with Gasteiger partial charge in [-0.15, -0.1) is 0 Å². The van der Waals surface area contributed by atoms with Crippen LogP contribution in [0.15, 0.2) is 52.4 Å². The highest BCUT2D eigenvalue weighted by Crippen LogP contribution is 2.17. The zero-order valence-corrected chi connectivity index (χ0v) is 19.6. The summed E-state index contributed by atoms with van der Waals surface area (Å²) in [6.45, 7) is 6.98. The van der Waals surface area contributed by atoms with Gasteiger partial charge in [0.1, 0.15) is 5.75 Å². The van der Waals surface area contributed by atoms with Gasteiger partial charge >= 0.3 is 0 Å². The van der Waals surface area contributed by atoms with E-state index in [0.717, 1.165) is 35.4 Å². The van der Waals surface area contributed by atoms with Gasteiger partial charge in [0.05, 0.1) is 18.6 Å². The van der Waals surface area contributed by atoms with Crippen molar-refractivity contribution in [1.82, 2.24) is 10.6 Å². The van der Waals surface area contributed by atoms with E-state index in [2.05, 4.69) is 15.6 Å². The number of hydrogen-bond acceptors (Lipinski definition) is 5. The number of hydrogen-bond donors (Lipinski definition) is 2. The van der Waals surface area contributed by atoms with Gasteiger partial charge in [-0.2, -0.15) is 0 Å². The molecule has 0 aliphatic carbocycles. The van der Waals surface area contributed by atoms with E-state index >= 15 is 0 Å². The molecule has 0 heterocycles. The summed E-state index contributed by atoms with van der Waals surface area (Å²) in [5.41, 5.74) is 2.79. The summed E-state index contributed by atoms with van der Waals surface area (Å²) in [5.74, 6) is 1.51. The normalized spacial score (nSPS) is 11.9. The molecule has 0 fully saturated rings. The molecule has 0 bridgehead atoms. The van der Waals surface area contributed by atoms with Crippen LogP contribution in [0, 0.1) is 6.92 Å². The highest BCUT2D eigenvalue weighted by Gasteiger charge is 2.10. The topological polar surface area (TPSA) is 89.0 Å². The Morgan fingerprint density at radius 1 is 1.06 bits per heavy atom. The van der Waals surface area contributed by atoms with E-state index in [1.54, 1.807) is 20.1 Å². The molecule has 8 heteroatoms. The van der Waals surface area contributed by atoms with Crippen LogP contribution in [-0.4, -0.2) is 47.5 Å². The summed E-state index contributed by atoms with van der Waals surface area (Å²) < 4.78 is 34.2.